The van der Waals surface area contributed by atoms with Crippen LogP contribution in [0.5, 0.6) is 0 Å². The molecule has 0 saturated carbocycles. The van der Waals surface area contributed by atoms with Gasteiger partial charge in [-0.15, -0.1) is 0 Å². The van der Waals surface area contributed by atoms with Crippen LogP contribution in [0.1, 0.15) is 48.4 Å². The van der Waals surface area contributed by atoms with Crippen LogP contribution in [0.3, 0.4) is 0 Å². The van der Waals surface area contributed by atoms with E-state index >= 15 is 0 Å². The Hall–Kier alpha value is -1.68. The van der Waals surface area contributed by atoms with Gasteiger partial charge >= 0.3 is 0 Å². The van der Waals surface area contributed by atoms with Crippen LogP contribution in [0, 0.1) is 13.8 Å². The van der Waals surface area contributed by atoms with Gasteiger partial charge in [-0.1, -0.05) is 6.07 Å². The summed E-state index contributed by atoms with van der Waals surface area (Å²) in [6, 6.07) is 4.60. The highest BCUT2D eigenvalue weighted by atomic mass is 15.3. The highest BCUT2D eigenvalue weighted by Gasteiger charge is 2.18. The van der Waals surface area contributed by atoms with Gasteiger partial charge in [0.05, 0.1) is 5.69 Å². The summed E-state index contributed by atoms with van der Waals surface area (Å²) >= 11 is 0. The molecule has 19 heavy (non-hydrogen) atoms. The van der Waals surface area contributed by atoms with Gasteiger partial charge in [0.1, 0.15) is 0 Å². The Morgan fingerprint density at radius 2 is 1.95 bits per heavy atom. The molecule has 0 radical (unpaired) electrons. The molecule has 2 aromatic heterocycles. The third kappa shape index (κ3) is 2.84. The molecule has 102 valence electrons. The fourth-order valence-corrected chi connectivity index (χ4v) is 2.60. The van der Waals surface area contributed by atoms with Crippen LogP contribution in [-0.2, 0) is 7.05 Å². The van der Waals surface area contributed by atoms with E-state index in [1.807, 2.05) is 24.0 Å². The summed E-state index contributed by atoms with van der Waals surface area (Å²) in [5, 5.41) is 8.09. The molecular formula is C15H22N4. The van der Waals surface area contributed by atoms with Crippen molar-refractivity contribution < 1.29 is 0 Å². The lowest BCUT2D eigenvalue weighted by molar-refractivity contribution is 0.490. The molecule has 0 aromatic carbocycles. The van der Waals surface area contributed by atoms with Crippen molar-refractivity contribution in [1.29, 1.82) is 0 Å². The van der Waals surface area contributed by atoms with Crippen LogP contribution in [0.25, 0.3) is 0 Å². The highest BCUT2D eigenvalue weighted by molar-refractivity contribution is 5.28. The fourth-order valence-electron chi connectivity index (χ4n) is 2.60. The first kappa shape index (κ1) is 13.7. The van der Waals surface area contributed by atoms with Crippen LogP contribution in [0.2, 0.25) is 0 Å². The summed E-state index contributed by atoms with van der Waals surface area (Å²) in [5.74, 6) is 0. The van der Waals surface area contributed by atoms with Gasteiger partial charge in [0.25, 0.3) is 0 Å². The van der Waals surface area contributed by atoms with E-state index in [0.29, 0.717) is 0 Å². The van der Waals surface area contributed by atoms with Crippen LogP contribution in [-0.4, -0.2) is 14.8 Å². The van der Waals surface area contributed by atoms with Crippen LogP contribution in [0.4, 0.5) is 0 Å². The summed E-state index contributed by atoms with van der Waals surface area (Å²) < 4.78 is 1.94. The van der Waals surface area contributed by atoms with E-state index in [-0.39, 0.29) is 12.1 Å². The summed E-state index contributed by atoms with van der Waals surface area (Å²) in [6.45, 7) is 8.52. The van der Waals surface area contributed by atoms with E-state index in [0.717, 1.165) is 5.69 Å². The summed E-state index contributed by atoms with van der Waals surface area (Å²) in [5.41, 5.74) is 4.81. The Morgan fingerprint density at radius 3 is 2.47 bits per heavy atom. The molecule has 0 aliphatic heterocycles. The summed E-state index contributed by atoms with van der Waals surface area (Å²) in [4.78, 5) is 4.17. The molecule has 4 heteroatoms. The maximum atomic E-state index is 4.48. The minimum atomic E-state index is 0.266. The molecule has 1 unspecified atom stereocenters. The molecule has 0 bridgehead atoms. The van der Waals surface area contributed by atoms with Crippen LogP contribution >= 0.6 is 0 Å². The van der Waals surface area contributed by atoms with Gasteiger partial charge in [-0.3, -0.25) is 9.67 Å². The standard InChI is InChI=1S/C15H22N4/c1-10(14-7-6-8-16-9-14)17-11(2)15-12(3)18-19(5)13(15)4/h6-11,17H,1-5H3/t10-,11?/m1/s1. The first-order chi connectivity index (χ1) is 9.00. The van der Waals surface area contributed by atoms with Crippen LogP contribution < -0.4 is 5.32 Å². The van der Waals surface area contributed by atoms with Crippen molar-refractivity contribution >= 4 is 0 Å². The zero-order valence-corrected chi connectivity index (χ0v) is 12.3. The molecule has 0 aliphatic rings. The zero-order valence-electron chi connectivity index (χ0n) is 12.3. The Kier molecular flexibility index (Phi) is 4.00. The minimum Gasteiger partial charge on any atom is -0.303 e. The molecule has 0 saturated heterocycles. The third-order valence-corrected chi connectivity index (χ3v) is 3.68. The van der Waals surface area contributed by atoms with Gasteiger partial charge in [-0.25, -0.2) is 0 Å². The van der Waals surface area contributed by atoms with E-state index in [1.165, 1.54) is 16.8 Å². The molecule has 1 N–H and O–H groups in total. The van der Waals surface area contributed by atoms with Crippen molar-refractivity contribution in [2.24, 2.45) is 7.05 Å². The van der Waals surface area contributed by atoms with Crippen molar-refractivity contribution in [2.45, 2.75) is 39.8 Å². The topological polar surface area (TPSA) is 42.7 Å². The smallest absolute Gasteiger partial charge is 0.0644 e. The van der Waals surface area contributed by atoms with Crippen molar-refractivity contribution in [3.63, 3.8) is 0 Å². The molecule has 2 heterocycles. The maximum absolute atomic E-state index is 4.48. The summed E-state index contributed by atoms with van der Waals surface area (Å²) in [7, 11) is 1.99. The van der Waals surface area contributed by atoms with Crippen molar-refractivity contribution in [3.8, 4) is 0 Å². The minimum absolute atomic E-state index is 0.266. The lowest BCUT2D eigenvalue weighted by atomic mass is 10.0. The predicted octanol–water partition coefficient (Wildman–Crippen LogP) is 2.84. The van der Waals surface area contributed by atoms with Crippen molar-refractivity contribution in [2.75, 3.05) is 0 Å². The summed E-state index contributed by atoms with van der Waals surface area (Å²) in [6.07, 6.45) is 3.71. The number of rotatable bonds is 4. The number of hydrogen-bond acceptors (Lipinski definition) is 3. The largest absolute Gasteiger partial charge is 0.303 e. The number of hydrogen-bond donors (Lipinski definition) is 1. The van der Waals surface area contributed by atoms with Gasteiger partial charge in [0, 0.05) is 42.8 Å². The molecular weight excluding hydrogens is 236 g/mol. The average Bonchev–Trinajstić information content (AvgIpc) is 2.64. The second-order valence-electron chi connectivity index (χ2n) is 5.10. The Labute approximate surface area is 114 Å². The highest BCUT2D eigenvalue weighted by Crippen LogP contribution is 2.23. The molecule has 2 aromatic rings. The quantitative estimate of drug-likeness (QED) is 0.917. The average molecular weight is 258 g/mol. The molecule has 0 spiro atoms. The fraction of sp³-hybridized carbons (Fsp3) is 0.467. The number of pyridine rings is 1. The SMILES string of the molecule is Cc1nn(C)c(C)c1C(C)N[C@H](C)c1cccnc1. The van der Waals surface area contributed by atoms with Gasteiger partial charge in [0.2, 0.25) is 0 Å². The van der Waals surface area contributed by atoms with Gasteiger partial charge in [-0.05, 0) is 39.3 Å². The maximum Gasteiger partial charge on any atom is 0.0644 e. The molecule has 0 aliphatic carbocycles. The number of nitrogens with one attached hydrogen (secondary N) is 1. The number of aryl methyl sites for hydroxylation is 2. The molecule has 0 fully saturated rings. The predicted molar refractivity (Wildman–Crippen MR) is 76.9 cm³/mol. The zero-order chi connectivity index (χ0) is 14.0. The lowest BCUT2D eigenvalue weighted by Gasteiger charge is -2.20. The second-order valence-corrected chi connectivity index (χ2v) is 5.10. The van der Waals surface area contributed by atoms with Gasteiger partial charge in [-0.2, -0.15) is 5.10 Å². The first-order valence-corrected chi connectivity index (χ1v) is 6.66. The Bertz CT molecular complexity index is 545. The Balaban J connectivity index is 2.15. The number of aromatic nitrogens is 3. The van der Waals surface area contributed by atoms with E-state index < -0.39 is 0 Å². The molecule has 0 amide bonds. The Morgan fingerprint density at radius 1 is 1.21 bits per heavy atom. The van der Waals surface area contributed by atoms with Gasteiger partial charge in [0.15, 0.2) is 0 Å². The number of nitrogens with zero attached hydrogens (tertiary/aromatic N) is 3. The van der Waals surface area contributed by atoms with E-state index in [9.17, 15) is 0 Å². The van der Waals surface area contributed by atoms with Crippen LogP contribution in [0.15, 0.2) is 24.5 Å². The molecule has 4 nitrogen and oxygen atoms in total. The lowest BCUT2D eigenvalue weighted by Crippen LogP contribution is -2.23. The van der Waals surface area contributed by atoms with E-state index in [1.54, 1.807) is 6.20 Å². The second kappa shape index (κ2) is 5.53. The van der Waals surface area contributed by atoms with E-state index in [2.05, 4.69) is 49.2 Å². The molecule has 2 rings (SSSR count). The van der Waals surface area contributed by atoms with Crippen molar-refractivity contribution in [1.82, 2.24) is 20.1 Å². The normalized spacial score (nSPS) is 14.4. The van der Waals surface area contributed by atoms with E-state index in [4.69, 9.17) is 0 Å². The van der Waals surface area contributed by atoms with Crippen molar-refractivity contribution in [3.05, 3.63) is 47.0 Å². The first-order valence-electron chi connectivity index (χ1n) is 6.66. The van der Waals surface area contributed by atoms with Gasteiger partial charge < -0.3 is 5.32 Å². The molecule has 2 atom stereocenters. The monoisotopic (exact) mass is 258 g/mol. The third-order valence-electron chi connectivity index (χ3n) is 3.68.